The monoisotopic (exact) mass is 478 g/mol. The van der Waals surface area contributed by atoms with Gasteiger partial charge < -0.3 is 9.47 Å². The Morgan fingerprint density at radius 1 is 0.914 bits per heavy atom. The van der Waals surface area contributed by atoms with E-state index in [1.54, 1.807) is 24.3 Å². The molecule has 0 saturated carbocycles. The van der Waals surface area contributed by atoms with Crippen LogP contribution in [-0.2, 0) is 14.3 Å². The lowest BCUT2D eigenvalue weighted by molar-refractivity contribution is -0.122. The Balaban J connectivity index is 1.66. The van der Waals surface area contributed by atoms with Gasteiger partial charge in [-0.25, -0.2) is 14.5 Å². The summed E-state index contributed by atoms with van der Waals surface area (Å²) >= 11 is 0. The summed E-state index contributed by atoms with van der Waals surface area (Å²) < 4.78 is 10.4. The molecule has 0 atom stereocenters. The molecule has 0 bridgehead atoms. The van der Waals surface area contributed by atoms with Crippen LogP contribution in [0, 0.1) is 0 Å². The third kappa shape index (κ3) is 6.79. The molecule has 8 heteroatoms. The maximum Gasteiger partial charge on any atom is 0.337 e. The average molecular weight is 479 g/mol. The Morgan fingerprint density at radius 3 is 2.23 bits per heavy atom. The van der Waals surface area contributed by atoms with Crippen LogP contribution in [0.25, 0.3) is 6.08 Å². The molecule has 0 aromatic heterocycles. The molecule has 8 nitrogen and oxygen atoms in total. The van der Waals surface area contributed by atoms with Crippen molar-refractivity contribution in [2.24, 2.45) is 0 Å². The minimum absolute atomic E-state index is 0.178. The zero-order valence-electron chi connectivity index (χ0n) is 20.0. The van der Waals surface area contributed by atoms with Gasteiger partial charge in [-0.2, -0.15) is 0 Å². The first-order chi connectivity index (χ1) is 16.9. The Bertz CT molecular complexity index is 1090. The van der Waals surface area contributed by atoms with Crippen molar-refractivity contribution >= 4 is 35.6 Å². The number of anilines is 1. The summed E-state index contributed by atoms with van der Waals surface area (Å²) in [5.74, 6) is -1.36. The number of benzene rings is 2. The van der Waals surface area contributed by atoms with Gasteiger partial charge in [0, 0.05) is 0 Å². The van der Waals surface area contributed by atoms with Crippen LogP contribution in [0.4, 0.5) is 10.5 Å². The van der Waals surface area contributed by atoms with Crippen molar-refractivity contribution in [1.82, 2.24) is 5.32 Å². The van der Waals surface area contributed by atoms with E-state index in [4.69, 9.17) is 4.74 Å². The van der Waals surface area contributed by atoms with Crippen LogP contribution in [0.2, 0.25) is 0 Å². The molecule has 0 aliphatic carbocycles. The number of nitrogens with one attached hydrogen (secondary N) is 1. The van der Waals surface area contributed by atoms with E-state index in [1.165, 1.54) is 63.1 Å². The Labute approximate surface area is 204 Å². The van der Waals surface area contributed by atoms with Gasteiger partial charge in [-0.05, 0) is 54.5 Å². The highest BCUT2D eigenvalue weighted by Crippen LogP contribution is 2.23. The van der Waals surface area contributed by atoms with Gasteiger partial charge in [0.05, 0.1) is 25.0 Å². The van der Waals surface area contributed by atoms with Crippen molar-refractivity contribution < 1.29 is 28.7 Å². The molecule has 0 radical (unpaired) electrons. The number of unbranched alkanes of at least 4 members (excludes halogenated alkanes) is 5. The SMILES string of the molecule is CCCCCCCCOc1ccc(C=C2C(=O)NC(=O)N(c3ccc(C(=O)OC)cc3)C2=O)cc1. The first-order valence-electron chi connectivity index (χ1n) is 11.8. The number of amides is 4. The van der Waals surface area contributed by atoms with E-state index in [9.17, 15) is 19.2 Å². The summed E-state index contributed by atoms with van der Waals surface area (Å²) in [4.78, 5) is 50.3. The number of carbonyl (C=O) groups is 4. The lowest BCUT2D eigenvalue weighted by atomic mass is 10.1. The van der Waals surface area contributed by atoms with Crippen LogP contribution in [0.5, 0.6) is 5.75 Å². The highest BCUT2D eigenvalue weighted by atomic mass is 16.5. The average Bonchev–Trinajstić information content (AvgIpc) is 2.86. The molecule has 0 spiro atoms. The first kappa shape index (κ1) is 25.7. The number of rotatable bonds is 11. The van der Waals surface area contributed by atoms with Gasteiger partial charge in [0.15, 0.2) is 0 Å². The van der Waals surface area contributed by atoms with E-state index >= 15 is 0 Å². The van der Waals surface area contributed by atoms with E-state index in [2.05, 4.69) is 17.0 Å². The third-order valence-corrected chi connectivity index (χ3v) is 5.61. The van der Waals surface area contributed by atoms with Crippen LogP contribution in [-0.4, -0.2) is 37.5 Å². The first-order valence-corrected chi connectivity index (χ1v) is 11.8. The molecule has 3 rings (SSSR count). The fourth-order valence-electron chi connectivity index (χ4n) is 3.66. The minimum atomic E-state index is -0.860. The zero-order valence-corrected chi connectivity index (χ0v) is 20.0. The number of carbonyl (C=O) groups excluding carboxylic acids is 4. The third-order valence-electron chi connectivity index (χ3n) is 5.61. The normalized spacial score (nSPS) is 14.7. The van der Waals surface area contributed by atoms with Gasteiger partial charge >= 0.3 is 12.0 Å². The molecule has 2 aromatic carbocycles. The molecule has 1 fully saturated rings. The fourth-order valence-corrected chi connectivity index (χ4v) is 3.66. The number of hydrogen-bond donors (Lipinski definition) is 1. The minimum Gasteiger partial charge on any atom is -0.494 e. The highest BCUT2D eigenvalue weighted by molar-refractivity contribution is 6.39. The summed E-state index contributed by atoms with van der Waals surface area (Å²) in [5.41, 5.74) is 0.928. The van der Waals surface area contributed by atoms with Crippen molar-refractivity contribution in [3.63, 3.8) is 0 Å². The van der Waals surface area contributed by atoms with Crippen molar-refractivity contribution in [3.8, 4) is 5.75 Å². The number of barbiturate groups is 1. The number of esters is 1. The van der Waals surface area contributed by atoms with Gasteiger partial charge in [-0.15, -0.1) is 0 Å². The van der Waals surface area contributed by atoms with Gasteiger partial charge in [0.2, 0.25) is 0 Å². The Kier molecular flexibility index (Phi) is 9.17. The molecule has 184 valence electrons. The van der Waals surface area contributed by atoms with Gasteiger partial charge in [-0.3, -0.25) is 14.9 Å². The van der Waals surface area contributed by atoms with Crippen LogP contribution in [0.15, 0.2) is 54.1 Å². The molecule has 1 saturated heterocycles. The van der Waals surface area contributed by atoms with E-state index in [0.717, 1.165) is 17.7 Å². The fraction of sp³-hybridized carbons (Fsp3) is 0.333. The van der Waals surface area contributed by atoms with E-state index in [-0.39, 0.29) is 16.8 Å². The molecule has 1 heterocycles. The standard InChI is InChI=1S/C27H30N2O6/c1-3-4-5-6-7-8-17-35-22-15-9-19(10-16-22)18-23-24(30)28-27(33)29(25(23)31)21-13-11-20(12-14-21)26(32)34-2/h9-16,18H,3-8,17H2,1-2H3,(H,28,30,33). The Morgan fingerprint density at radius 2 is 1.57 bits per heavy atom. The summed E-state index contributed by atoms with van der Waals surface area (Å²) in [7, 11) is 1.26. The second kappa shape index (κ2) is 12.5. The lowest BCUT2D eigenvalue weighted by Gasteiger charge is -2.26. The Hall–Kier alpha value is -3.94. The number of methoxy groups -OCH3 is 1. The van der Waals surface area contributed by atoms with Gasteiger partial charge in [-0.1, -0.05) is 51.2 Å². The zero-order chi connectivity index (χ0) is 25.2. The highest BCUT2D eigenvalue weighted by Gasteiger charge is 2.36. The van der Waals surface area contributed by atoms with Gasteiger partial charge in [0.1, 0.15) is 11.3 Å². The molecule has 2 aromatic rings. The van der Waals surface area contributed by atoms with Crippen molar-refractivity contribution in [1.29, 1.82) is 0 Å². The van der Waals surface area contributed by atoms with Crippen molar-refractivity contribution in [2.45, 2.75) is 45.4 Å². The molecule has 0 unspecified atom stereocenters. The quantitative estimate of drug-likeness (QED) is 0.214. The molecule has 1 aliphatic heterocycles. The number of ether oxygens (including phenoxy) is 2. The predicted molar refractivity (Wildman–Crippen MR) is 132 cm³/mol. The number of imide groups is 2. The maximum absolute atomic E-state index is 13.0. The summed E-state index contributed by atoms with van der Waals surface area (Å²) in [5, 5.41) is 2.18. The van der Waals surface area contributed by atoms with Crippen LogP contribution in [0.1, 0.15) is 61.4 Å². The topological polar surface area (TPSA) is 102 Å². The molecule has 4 amide bonds. The summed E-state index contributed by atoms with van der Waals surface area (Å²) in [6.07, 6.45) is 8.54. The molecule has 1 N–H and O–H groups in total. The van der Waals surface area contributed by atoms with E-state index in [1.807, 2.05) is 0 Å². The molecular formula is C27H30N2O6. The largest absolute Gasteiger partial charge is 0.494 e. The lowest BCUT2D eigenvalue weighted by Crippen LogP contribution is -2.54. The summed E-state index contributed by atoms with van der Waals surface area (Å²) in [6.45, 7) is 2.83. The number of nitrogens with zero attached hydrogens (tertiary/aromatic N) is 1. The maximum atomic E-state index is 13.0. The molecule has 35 heavy (non-hydrogen) atoms. The molecular weight excluding hydrogens is 448 g/mol. The smallest absolute Gasteiger partial charge is 0.337 e. The van der Waals surface area contributed by atoms with Crippen molar-refractivity contribution in [2.75, 3.05) is 18.6 Å². The summed E-state index contributed by atoms with van der Waals surface area (Å²) in [6, 6.07) is 11.9. The second-order valence-electron chi connectivity index (χ2n) is 8.18. The van der Waals surface area contributed by atoms with E-state index in [0.29, 0.717) is 17.9 Å². The number of urea groups is 1. The number of hydrogen-bond acceptors (Lipinski definition) is 6. The van der Waals surface area contributed by atoms with E-state index < -0.39 is 23.8 Å². The second-order valence-corrected chi connectivity index (χ2v) is 8.18. The van der Waals surface area contributed by atoms with Crippen molar-refractivity contribution in [3.05, 3.63) is 65.2 Å². The molecule has 1 aliphatic rings. The van der Waals surface area contributed by atoms with Gasteiger partial charge in [0.25, 0.3) is 11.8 Å². The predicted octanol–water partition coefficient (Wildman–Crippen LogP) is 4.88. The van der Waals surface area contributed by atoms with Crippen LogP contribution >= 0.6 is 0 Å². The van der Waals surface area contributed by atoms with Crippen LogP contribution < -0.4 is 15.0 Å². The van der Waals surface area contributed by atoms with Crippen LogP contribution in [0.3, 0.4) is 0 Å².